The highest BCUT2D eigenvalue weighted by atomic mass is 16.5. The van der Waals surface area contributed by atoms with Gasteiger partial charge in [-0.25, -0.2) is 9.97 Å². The van der Waals surface area contributed by atoms with E-state index >= 15 is 0 Å². The van der Waals surface area contributed by atoms with E-state index in [0.717, 1.165) is 60.9 Å². The van der Waals surface area contributed by atoms with Crippen LogP contribution in [0.3, 0.4) is 0 Å². The first-order chi connectivity index (χ1) is 17.1. The molecule has 0 bridgehead atoms. The van der Waals surface area contributed by atoms with Gasteiger partial charge in [-0.3, -0.25) is 9.79 Å². The monoisotopic (exact) mass is 474 g/mol. The minimum atomic E-state index is -0.0686. The Morgan fingerprint density at radius 2 is 2.14 bits per heavy atom. The molecule has 0 spiro atoms. The minimum absolute atomic E-state index is 0.0686. The van der Waals surface area contributed by atoms with E-state index in [-0.39, 0.29) is 5.91 Å². The zero-order chi connectivity index (χ0) is 24.4. The van der Waals surface area contributed by atoms with Crippen LogP contribution in [0.25, 0.3) is 5.76 Å². The van der Waals surface area contributed by atoms with Crippen LogP contribution in [0, 0.1) is 5.92 Å². The quantitative estimate of drug-likeness (QED) is 0.685. The van der Waals surface area contributed by atoms with Crippen molar-refractivity contribution in [2.75, 3.05) is 50.1 Å². The lowest BCUT2D eigenvalue weighted by Crippen LogP contribution is -2.33. The highest BCUT2D eigenvalue weighted by molar-refractivity contribution is 6.09. The van der Waals surface area contributed by atoms with Gasteiger partial charge in [0.15, 0.2) is 0 Å². The predicted octanol–water partition coefficient (Wildman–Crippen LogP) is 3.86. The molecule has 1 N–H and O–H groups in total. The normalized spacial score (nSPS) is 23.8. The fourth-order valence-corrected chi connectivity index (χ4v) is 4.85. The van der Waals surface area contributed by atoms with Gasteiger partial charge in [-0.05, 0) is 50.4 Å². The molecule has 0 saturated heterocycles. The van der Waals surface area contributed by atoms with E-state index in [2.05, 4.69) is 33.2 Å². The summed E-state index contributed by atoms with van der Waals surface area (Å²) < 4.78 is 6.16. The highest BCUT2D eigenvalue weighted by Gasteiger charge is 2.40. The van der Waals surface area contributed by atoms with Gasteiger partial charge in [0.25, 0.3) is 5.91 Å². The van der Waals surface area contributed by atoms with Gasteiger partial charge >= 0.3 is 0 Å². The number of carbonyl (C=O) groups is 1. The SMILES string of the molecule is CCC1CC1c1ncc2c(n1)N(C)CCN(c1cccc(/C3=C/CCCN=C(CNC)O3)c1)C2=O. The van der Waals surface area contributed by atoms with Gasteiger partial charge in [0.2, 0.25) is 5.90 Å². The number of fused-ring (bicyclic) bond motifs is 1. The molecule has 3 aliphatic rings. The molecule has 2 aliphatic heterocycles. The van der Waals surface area contributed by atoms with E-state index in [4.69, 9.17) is 9.72 Å². The fraction of sp³-hybridized carbons (Fsp3) is 0.481. The number of likely N-dealkylation sites (N-methyl/N-ethyl adjacent to an activating group) is 2. The zero-order valence-corrected chi connectivity index (χ0v) is 20.8. The molecule has 184 valence electrons. The fourth-order valence-electron chi connectivity index (χ4n) is 4.85. The highest BCUT2D eigenvalue weighted by Crippen LogP contribution is 2.48. The summed E-state index contributed by atoms with van der Waals surface area (Å²) in [6.07, 6.45) is 8.01. The molecule has 1 fully saturated rings. The first-order valence-corrected chi connectivity index (χ1v) is 12.6. The number of carbonyl (C=O) groups excluding carboxylic acids is 1. The lowest BCUT2D eigenvalue weighted by atomic mass is 10.1. The molecule has 1 aliphatic carbocycles. The van der Waals surface area contributed by atoms with Crippen molar-refractivity contribution in [3.8, 4) is 0 Å². The smallest absolute Gasteiger partial charge is 0.263 e. The standard InChI is InChI=1S/C27H34N6O2/c1-4-18-15-21(18)25-30-16-22-26(31-25)32(3)12-13-33(27(22)34)20-9-7-8-19(14-20)23-10-5-6-11-29-24(35-23)17-28-2/h7-10,14,16,18,21,28H,4-6,11-13,15,17H2,1-3H3/b23-10-,29-24?. The molecular formula is C27H34N6O2. The molecule has 2 atom stereocenters. The van der Waals surface area contributed by atoms with Crippen molar-refractivity contribution in [3.05, 3.63) is 53.5 Å². The van der Waals surface area contributed by atoms with Gasteiger partial charge in [-0.1, -0.05) is 25.5 Å². The number of allylic oxidation sites excluding steroid dienone is 1. The maximum Gasteiger partial charge on any atom is 0.263 e. The molecular weight excluding hydrogens is 440 g/mol. The van der Waals surface area contributed by atoms with Crippen molar-refractivity contribution < 1.29 is 9.53 Å². The van der Waals surface area contributed by atoms with E-state index in [9.17, 15) is 4.79 Å². The van der Waals surface area contributed by atoms with E-state index < -0.39 is 0 Å². The number of rotatable bonds is 6. The van der Waals surface area contributed by atoms with E-state index in [1.54, 1.807) is 6.20 Å². The Kier molecular flexibility index (Phi) is 6.81. The van der Waals surface area contributed by atoms with Crippen molar-refractivity contribution in [2.24, 2.45) is 10.9 Å². The number of aromatic nitrogens is 2. The molecule has 1 saturated carbocycles. The summed E-state index contributed by atoms with van der Waals surface area (Å²) in [7, 11) is 3.89. The first-order valence-electron chi connectivity index (χ1n) is 12.6. The predicted molar refractivity (Wildman–Crippen MR) is 139 cm³/mol. The summed E-state index contributed by atoms with van der Waals surface area (Å²) >= 11 is 0. The molecule has 35 heavy (non-hydrogen) atoms. The number of nitrogens with zero attached hydrogens (tertiary/aromatic N) is 5. The Hall–Kier alpha value is -3.26. The van der Waals surface area contributed by atoms with Crippen LogP contribution < -0.4 is 15.1 Å². The average Bonchev–Trinajstić information content (AvgIpc) is 3.66. The Balaban J connectivity index is 1.42. The number of nitrogens with one attached hydrogen (secondary N) is 1. The van der Waals surface area contributed by atoms with Crippen molar-refractivity contribution in [1.82, 2.24) is 15.3 Å². The van der Waals surface area contributed by atoms with Gasteiger partial charge < -0.3 is 19.9 Å². The molecule has 5 rings (SSSR count). The van der Waals surface area contributed by atoms with Crippen LogP contribution in [0.4, 0.5) is 11.5 Å². The lowest BCUT2D eigenvalue weighted by molar-refractivity contribution is 0.0989. The first kappa shape index (κ1) is 23.5. The van der Waals surface area contributed by atoms with Crippen LogP contribution in [0.15, 0.2) is 41.5 Å². The number of ether oxygens (including phenoxy) is 1. The van der Waals surface area contributed by atoms with Crippen molar-refractivity contribution in [2.45, 2.75) is 38.5 Å². The second-order valence-corrected chi connectivity index (χ2v) is 9.52. The molecule has 8 heteroatoms. The Morgan fingerprint density at radius 1 is 1.26 bits per heavy atom. The van der Waals surface area contributed by atoms with Crippen molar-refractivity contribution >= 4 is 29.1 Å². The maximum absolute atomic E-state index is 13.7. The van der Waals surface area contributed by atoms with Crippen LogP contribution in [-0.2, 0) is 4.74 Å². The molecule has 1 amide bonds. The van der Waals surface area contributed by atoms with E-state index in [1.165, 1.54) is 0 Å². The molecule has 0 radical (unpaired) electrons. The van der Waals surface area contributed by atoms with Gasteiger partial charge in [0, 0.05) is 50.0 Å². The van der Waals surface area contributed by atoms with Crippen molar-refractivity contribution in [3.63, 3.8) is 0 Å². The average molecular weight is 475 g/mol. The van der Waals surface area contributed by atoms with Crippen LogP contribution in [0.1, 0.15) is 60.3 Å². The summed E-state index contributed by atoms with van der Waals surface area (Å²) in [5.74, 6) is 4.10. The largest absolute Gasteiger partial charge is 0.442 e. The minimum Gasteiger partial charge on any atom is -0.442 e. The Labute approximate surface area is 207 Å². The maximum atomic E-state index is 13.7. The number of benzene rings is 1. The summed E-state index contributed by atoms with van der Waals surface area (Å²) in [5.41, 5.74) is 2.33. The number of aliphatic imine (C=N–C) groups is 1. The van der Waals surface area contributed by atoms with Crippen LogP contribution >= 0.6 is 0 Å². The number of hydrogen-bond acceptors (Lipinski definition) is 7. The Bertz CT molecular complexity index is 1160. The number of amides is 1. The van der Waals surface area contributed by atoms with Crippen LogP contribution in [-0.4, -0.2) is 62.0 Å². The molecule has 2 aromatic rings. The molecule has 1 aromatic heterocycles. The number of anilines is 2. The third-order valence-electron chi connectivity index (χ3n) is 7.04. The topological polar surface area (TPSA) is 83.0 Å². The second-order valence-electron chi connectivity index (χ2n) is 9.52. The Morgan fingerprint density at radius 3 is 2.94 bits per heavy atom. The summed E-state index contributed by atoms with van der Waals surface area (Å²) in [6, 6.07) is 8.00. The second kappa shape index (κ2) is 10.2. The molecule has 2 unspecified atom stereocenters. The molecule has 3 heterocycles. The third-order valence-corrected chi connectivity index (χ3v) is 7.04. The van der Waals surface area contributed by atoms with Crippen LogP contribution in [0.5, 0.6) is 0 Å². The summed E-state index contributed by atoms with van der Waals surface area (Å²) in [4.78, 5) is 31.6. The van der Waals surface area contributed by atoms with Crippen molar-refractivity contribution in [1.29, 1.82) is 0 Å². The zero-order valence-electron chi connectivity index (χ0n) is 20.8. The number of hydrogen-bond donors (Lipinski definition) is 1. The van der Waals surface area contributed by atoms with Gasteiger partial charge in [-0.2, -0.15) is 0 Å². The third kappa shape index (κ3) is 4.93. The van der Waals surface area contributed by atoms with E-state index in [0.29, 0.717) is 42.9 Å². The van der Waals surface area contributed by atoms with E-state index in [1.807, 2.05) is 43.3 Å². The molecule has 1 aromatic carbocycles. The summed E-state index contributed by atoms with van der Waals surface area (Å²) in [5, 5.41) is 3.11. The van der Waals surface area contributed by atoms with Gasteiger partial charge in [0.1, 0.15) is 23.0 Å². The summed E-state index contributed by atoms with van der Waals surface area (Å²) in [6.45, 7) is 4.81. The van der Waals surface area contributed by atoms with Gasteiger partial charge in [0.05, 0.1) is 6.54 Å². The van der Waals surface area contributed by atoms with Crippen LogP contribution in [0.2, 0.25) is 0 Å². The lowest BCUT2D eigenvalue weighted by Gasteiger charge is -2.22. The molecule has 8 nitrogen and oxygen atoms in total. The van der Waals surface area contributed by atoms with Gasteiger partial charge in [-0.15, -0.1) is 0 Å².